The van der Waals surface area contributed by atoms with Gasteiger partial charge in [0, 0.05) is 16.1 Å². The Kier molecular flexibility index (Phi) is 3.87. The maximum atomic E-state index is 13.9. The summed E-state index contributed by atoms with van der Waals surface area (Å²) < 4.78 is 27.8. The molecule has 0 aliphatic carbocycles. The SMILES string of the molecule is Nc1ccc(SCC(F)(F)c2ccccc2)cc1. The molecule has 4 heteroatoms. The summed E-state index contributed by atoms with van der Waals surface area (Å²) >= 11 is 1.13. The minimum Gasteiger partial charge on any atom is -0.399 e. The molecule has 0 unspecified atom stereocenters. The van der Waals surface area contributed by atoms with Crippen LogP contribution < -0.4 is 5.73 Å². The molecule has 0 bridgehead atoms. The Bertz CT molecular complexity index is 497. The van der Waals surface area contributed by atoms with Crippen molar-refractivity contribution in [1.29, 1.82) is 0 Å². The predicted octanol–water partition coefficient (Wildman–Crippen LogP) is 4.15. The fourth-order valence-electron chi connectivity index (χ4n) is 1.50. The molecular weight excluding hydrogens is 252 g/mol. The monoisotopic (exact) mass is 265 g/mol. The lowest BCUT2D eigenvalue weighted by Crippen LogP contribution is -2.16. The van der Waals surface area contributed by atoms with Gasteiger partial charge < -0.3 is 5.73 Å². The lowest BCUT2D eigenvalue weighted by molar-refractivity contribution is 0.0232. The number of rotatable bonds is 4. The summed E-state index contributed by atoms with van der Waals surface area (Å²) in [5.74, 6) is -3.10. The van der Waals surface area contributed by atoms with E-state index < -0.39 is 5.92 Å². The van der Waals surface area contributed by atoms with Crippen LogP contribution >= 0.6 is 11.8 Å². The van der Waals surface area contributed by atoms with Crippen molar-refractivity contribution in [3.63, 3.8) is 0 Å². The lowest BCUT2D eigenvalue weighted by Gasteiger charge is -2.16. The highest BCUT2D eigenvalue weighted by Gasteiger charge is 2.31. The summed E-state index contributed by atoms with van der Waals surface area (Å²) in [6.45, 7) is 0. The van der Waals surface area contributed by atoms with E-state index in [1.807, 2.05) is 0 Å². The first kappa shape index (κ1) is 12.9. The molecule has 0 aliphatic rings. The number of hydrogen-bond donors (Lipinski definition) is 1. The summed E-state index contributed by atoms with van der Waals surface area (Å²) in [5, 5.41) is 0. The number of anilines is 1. The van der Waals surface area contributed by atoms with Crippen molar-refractivity contribution < 1.29 is 8.78 Å². The lowest BCUT2D eigenvalue weighted by atomic mass is 10.1. The summed E-state index contributed by atoms with van der Waals surface area (Å²) in [7, 11) is 0. The molecule has 94 valence electrons. The van der Waals surface area contributed by atoms with Crippen molar-refractivity contribution >= 4 is 17.4 Å². The van der Waals surface area contributed by atoms with Gasteiger partial charge in [0.1, 0.15) is 0 Å². The summed E-state index contributed by atoms with van der Waals surface area (Å²) in [6.07, 6.45) is 0. The van der Waals surface area contributed by atoms with E-state index in [0.29, 0.717) is 5.69 Å². The van der Waals surface area contributed by atoms with Crippen molar-refractivity contribution in [2.24, 2.45) is 0 Å². The van der Waals surface area contributed by atoms with E-state index >= 15 is 0 Å². The molecule has 0 radical (unpaired) electrons. The van der Waals surface area contributed by atoms with Gasteiger partial charge in [0.25, 0.3) is 5.92 Å². The highest BCUT2D eigenvalue weighted by atomic mass is 32.2. The summed E-state index contributed by atoms with van der Waals surface area (Å²) in [4.78, 5) is 0.791. The quantitative estimate of drug-likeness (QED) is 0.663. The smallest absolute Gasteiger partial charge is 0.282 e. The zero-order valence-corrected chi connectivity index (χ0v) is 10.5. The van der Waals surface area contributed by atoms with Crippen LogP contribution in [0.1, 0.15) is 5.56 Å². The Morgan fingerprint density at radius 2 is 1.56 bits per heavy atom. The molecule has 0 atom stereocenters. The van der Waals surface area contributed by atoms with Crippen LogP contribution in [0.25, 0.3) is 0 Å². The topological polar surface area (TPSA) is 26.0 Å². The maximum absolute atomic E-state index is 13.9. The average Bonchev–Trinajstić information content (AvgIpc) is 2.39. The third-order valence-corrected chi connectivity index (χ3v) is 3.61. The Morgan fingerprint density at radius 1 is 0.944 bits per heavy atom. The third kappa shape index (κ3) is 3.23. The van der Waals surface area contributed by atoms with E-state index in [4.69, 9.17) is 5.73 Å². The van der Waals surface area contributed by atoms with Gasteiger partial charge in [0.2, 0.25) is 0 Å². The molecule has 1 nitrogen and oxygen atoms in total. The van der Waals surface area contributed by atoms with Gasteiger partial charge in [-0.15, -0.1) is 11.8 Å². The van der Waals surface area contributed by atoms with Gasteiger partial charge in [-0.1, -0.05) is 30.3 Å². The Hall–Kier alpha value is -1.55. The van der Waals surface area contributed by atoms with Crippen LogP contribution in [-0.2, 0) is 5.92 Å². The molecule has 2 aromatic rings. The van der Waals surface area contributed by atoms with Crippen LogP contribution in [0.3, 0.4) is 0 Å². The first-order valence-corrected chi connectivity index (χ1v) is 6.48. The zero-order valence-electron chi connectivity index (χ0n) is 9.64. The van der Waals surface area contributed by atoms with Gasteiger partial charge in [-0.05, 0) is 24.3 Å². The van der Waals surface area contributed by atoms with Crippen molar-refractivity contribution in [1.82, 2.24) is 0 Å². The minimum absolute atomic E-state index is 0.0490. The second-order valence-corrected chi connectivity index (χ2v) is 4.98. The van der Waals surface area contributed by atoms with Crippen LogP contribution in [0, 0.1) is 0 Å². The molecule has 0 saturated heterocycles. The van der Waals surface area contributed by atoms with Crippen LogP contribution in [0.5, 0.6) is 0 Å². The fourth-order valence-corrected chi connectivity index (χ4v) is 2.35. The van der Waals surface area contributed by atoms with Crippen molar-refractivity contribution in [3.8, 4) is 0 Å². The van der Waals surface area contributed by atoms with E-state index in [2.05, 4.69) is 0 Å². The van der Waals surface area contributed by atoms with E-state index in [0.717, 1.165) is 16.7 Å². The van der Waals surface area contributed by atoms with Gasteiger partial charge in [0.05, 0.1) is 5.75 Å². The van der Waals surface area contributed by atoms with E-state index in [1.54, 1.807) is 42.5 Å². The van der Waals surface area contributed by atoms with Crippen molar-refractivity contribution in [2.45, 2.75) is 10.8 Å². The molecule has 2 N–H and O–H groups in total. The first-order valence-electron chi connectivity index (χ1n) is 5.50. The average molecular weight is 265 g/mol. The molecular formula is C14H13F2NS. The molecule has 2 rings (SSSR count). The number of halogens is 2. The highest BCUT2D eigenvalue weighted by Crippen LogP contribution is 2.34. The van der Waals surface area contributed by atoms with Gasteiger partial charge in [-0.3, -0.25) is 0 Å². The van der Waals surface area contributed by atoms with E-state index in [1.165, 1.54) is 12.1 Å². The van der Waals surface area contributed by atoms with Crippen LogP contribution in [0.15, 0.2) is 59.5 Å². The first-order chi connectivity index (χ1) is 8.58. The minimum atomic E-state index is -2.83. The molecule has 0 fully saturated rings. The maximum Gasteiger partial charge on any atom is 0.282 e. The van der Waals surface area contributed by atoms with E-state index in [9.17, 15) is 8.78 Å². The third-order valence-electron chi connectivity index (χ3n) is 2.50. The van der Waals surface area contributed by atoms with Crippen LogP contribution in [0.2, 0.25) is 0 Å². The number of nitrogen functional groups attached to an aromatic ring is 1. The molecule has 2 aromatic carbocycles. The summed E-state index contributed by atoms with van der Waals surface area (Å²) in [6, 6.07) is 14.8. The normalized spacial score (nSPS) is 11.4. The van der Waals surface area contributed by atoms with Crippen molar-refractivity contribution in [2.75, 3.05) is 11.5 Å². The largest absolute Gasteiger partial charge is 0.399 e. The molecule has 0 spiro atoms. The van der Waals surface area contributed by atoms with E-state index in [-0.39, 0.29) is 11.3 Å². The standard InChI is InChI=1S/C14H13F2NS/c15-14(16,11-4-2-1-3-5-11)10-18-13-8-6-12(17)7-9-13/h1-9H,10,17H2. The molecule has 0 heterocycles. The number of benzene rings is 2. The molecule has 0 saturated carbocycles. The van der Waals surface area contributed by atoms with Gasteiger partial charge in [0.15, 0.2) is 0 Å². The summed E-state index contributed by atoms with van der Waals surface area (Å²) in [5.41, 5.74) is 6.22. The number of alkyl halides is 2. The van der Waals surface area contributed by atoms with Crippen LogP contribution in [0.4, 0.5) is 14.5 Å². The number of thioether (sulfide) groups is 1. The Labute approximate surface area is 109 Å². The molecule has 0 aliphatic heterocycles. The molecule has 0 aromatic heterocycles. The zero-order chi connectivity index (χ0) is 13.0. The van der Waals surface area contributed by atoms with Crippen LogP contribution in [-0.4, -0.2) is 5.75 Å². The predicted molar refractivity (Wildman–Crippen MR) is 71.9 cm³/mol. The Balaban J connectivity index is 2.03. The van der Waals surface area contributed by atoms with Crippen molar-refractivity contribution in [3.05, 3.63) is 60.2 Å². The highest BCUT2D eigenvalue weighted by molar-refractivity contribution is 7.99. The fraction of sp³-hybridized carbons (Fsp3) is 0.143. The molecule has 0 amide bonds. The van der Waals surface area contributed by atoms with Gasteiger partial charge >= 0.3 is 0 Å². The second-order valence-electron chi connectivity index (χ2n) is 3.93. The Morgan fingerprint density at radius 3 is 2.17 bits per heavy atom. The molecule has 18 heavy (non-hydrogen) atoms. The number of hydrogen-bond acceptors (Lipinski definition) is 2. The number of nitrogens with two attached hydrogens (primary N) is 1. The second kappa shape index (κ2) is 5.40. The van der Waals surface area contributed by atoms with Gasteiger partial charge in [-0.2, -0.15) is 0 Å². The van der Waals surface area contributed by atoms with Gasteiger partial charge in [-0.25, -0.2) is 8.78 Å².